The number of aliphatic hydroxyl groups excluding tert-OH is 1. The maximum Gasteiger partial charge on any atom is 0.472 e. The van der Waals surface area contributed by atoms with Gasteiger partial charge in [0, 0.05) is 7.11 Å². The van der Waals surface area contributed by atoms with Crippen molar-refractivity contribution in [1.82, 2.24) is 0 Å². The highest BCUT2D eigenvalue weighted by molar-refractivity contribution is 7.47. The van der Waals surface area contributed by atoms with Gasteiger partial charge < -0.3 is 14.7 Å². The van der Waals surface area contributed by atoms with Crippen molar-refractivity contribution >= 4 is 15.7 Å². The summed E-state index contributed by atoms with van der Waals surface area (Å²) in [5, 5.41) is 9.68. The van der Waals surface area contributed by atoms with E-state index in [0.29, 0.717) is 6.42 Å². The first-order valence-corrected chi connectivity index (χ1v) is 6.31. The van der Waals surface area contributed by atoms with Gasteiger partial charge in [0.2, 0.25) is 0 Å². The van der Waals surface area contributed by atoms with Crippen molar-refractivity contribution in [3.05, 3.63) is 0 Å². The zero-order valence-electron chi connectivity index (χ0n) is 8.99. The van der Waals surface area contributed by atoms with Gasteiger partial charge in [-0.2, -0.15) is 0 Å². The molecule has 5 atom stereocenters. The van der Waals surface area contributed by atoms with Gasteiger partial charge in [-0.15, -0.1) is 0 Å². The van der Waals surface area contributed by atoms with E-state index >= 15 is 0 Å². The van der Waals surface area contributed by atoms with E-state index in [1.165, 1.54) is 0 Å². The Hall–Kier alpha value is 0.0949. The Morgan fingerprint density at radius 3 is 2.67 bits per heavy atom. The van der Waals surface area contributed by atoms with Gasteiger partial charge in [-0.3, -0.25) is 9.05 Å². The molecule has 88 valence electrons. The standard InChI is InChI=1S/C7H16BO6P/c1-3-4-6(5(9)7(8)13-4)14-15(10,11)12-2/h4-7,9H,3,8H2,1-2H3,(H,10,11)/t4-,5+,6?,7-/m1/s1. The molecule has 0 radical (unpaired) electrons. The average Bonchev–Trinajstić information content (AvgIpc) is 2.45. The lowest BCUT2D eigenvalue weighted by atomic mass is 9.93. The van der Waals surface area contributed by atoms with E-state index in [2.05, 4.69) is 4.52 Å². The second-order valence-corrected chi connectivity index (χ2v) is 5.01. The summed E-state index contributed by atoms with van der Waals surface area (Å²) in [4.78, 5) is 9.15. The maximum absolute atomic E-state index is 11.2. The monoisotopic (exact) mass is 238 g/mol. The molecular weight excluding hydrogens is 222 g/mol. The van der Waals surface area contributed by atoms with Crippen LogP contribution in [-0.4, -0.2) is 49.3 Å². The van der Waals surface area contributed by atoms with Crippen LogP contribution in [0.25, 0.3) is 0 Å². The van der Waals surface area contributed by atoms with Crippen molar-refractivity contribution < 1.29 is 28.3 Å². The van der Waals surface area contributed by atoms with Gasteiger partial charge in [0.25, 0.3) is 0 Å². The summed E-state index contributed by atoms with van der Waals surface area (Å²) in [5.74, 6) is 0. The minimum absolute atomic E-state index is 0.384. The molecule has 1 saturated heterocycles. The first-order chi connectivity index (χ1) is 6.91. The molecule has 2 N–H and O–H groups in total. The van der Waals surface area contributed by atoms with Crippen LogP contribution in [0.4, 0.5) is 0 Å². The summed E-state index contributed by atoms with van der Waals surface area (Å²) in [6, 6.07) is -0.406. The Bertz CT molecular complexity index is 262. The third kappa shape index (κ3) is 3.03. The molecule has 0 aromatic carbocycles. The van der Waals surface area contributed by atoms with Crippen molar-refractivity contribution in [2.24, 2.45) is 0 Å². The molecule has 6 nitrogen and oxygen atoms in total. The fourth-order valence-electron chi connectivity index (χ4n) is 1.58. The van der Waals surface area contributed by atoms with Gasteiger partial charge in [-0.05, 0) is 6.42 Å². The van der Waals surface area contributed by atoms with Crippen molar-refractivity contribution in [1.29, 1.82) is 0 Å². The van der Waals surface area contributed by atoms with E-state index in [9.17, 15) is 9.67 Å². The lowest BCUT2D eigenvalue weighted by Crippen LogP contribution is -2.34. The third-order valence-electron chi connectivity index (χ3n) is 2.46. The fourth-order valence-corrected chi connectivity index (χ4v) is 2.23. The lowest BCUT2D eigenvalue weighted by Gasteiger charge is -2.21. The van der Waals surface area contributed by atoms with E-state index in [0.717, 1.165) is 7.11 Å². The Balaban J connectivity index is 2.70. The van der Waals surface area contributed by atoms with Crippen LogP contribution in [0.15, 0.2) is 0 Å². The van der Waals surface area contributed by atoms with Gasteiger partial charge in [0.05, 0.1) is 12.1 Å². The van der Waals surface area contributed by atoms with Crippen LogP contribution in [-0.2, 0) is 18.3 Å². The average molecular weight is 238 g/mol. The molecule has 15 heavy (non-hydrogen) atoms. The largest absolute Gasteiger partial charge is 0.472 e. The maximum atomic E-state index is 11.2. The molecule has 0 saturated carbocycles. The molecule has 0 aromatic heterocycles. The van der Waals surface area contributed by atoms with Crippen molar-refractivity contribution in [2.75, 3.05) is 7.11 Å². The summed E-state index contributed by atoms with van der Waals surface area (Å²) in [6.45, 7) is 1.85. The Morgan fingerprint density at radius 2 is 2.20 bits per heavy atom. The van der Waals surface area contributed by atoms with E-state index in [1.807, 2.05) is 6.92 Å². The predicted molar refractivity (Wildman–Crippen MR) is 55.2 cm³/mol. The molecule has 0 aromatic rings. The first-order valence-electron chi connectivity index (χ1n) is 4.81. The van der Waals surface area contributed by atoms with Gasteiger partial charge in [-0.25, -0.2) is 4.57 Å². The van der Waals surface area contributed by atoms with Crippen molar-refractivity contribution in [3.63, 3.8) is 0 Å². The molecule has 0 amide bonds. The van der Waals surface area contributed by atoms with E-state index < -0.39 is 26.0 Å². The quantitative estimate of drug-likeness (QED) is 0.495. The fraction of sp³-hybridized carbons (Fsp3) is 1.00. The molecule has 0 aliphatic carbocycles. The number of hydrogen-bond donors (Lipinski definition) is 2. The van der Waals surface area contributed by atoms with Gasteiger partial charge in [0.1, 0.15) is 20.1 Å². The third-order valence-corrected chi connectivity index (χ3v) is 3.43. The SMILES string of the molecule is B[C@@H]1O[C@H](CC)C(OP(=O)(O)OC)[C@@H]1O. The van der Waals surface area contributed by atoms with Crippen LogP contribution < -0.4 is 0 Å². The Kier molecular flexibility index (Phi) is 4.34. The number of phosphoric acid groups is 1. The molecule has 0 bridgehead atoms. The second kappa shape index (κ2) is 4.95. The zero-order valence-corrected chi connectivity index (χ0v) is 9.89. The smallest absolute Gasteiger partial charge is 0.388 e. The Morgan fingerprint density at radius 1 is 1.60 bits per heavy atom. The summed E-state index contributed by atoms with van der Waals surface area (Å²) < 4.78 is 25.7. The van der Waals surface area contributed by atoms with Crippen LogP contribution in [0, 0.1) is 0 Å². The molecule has 1 aliphatic rings. The zero-order chi connectivity index (χ0) is 11.6. The summed E-state index contributed by atoms with van der Waals surface area (Å²) in [7, 11) is -1.31. The molecular formula is C7H16BO6P. The van der Waals surface area contributed by atoms with E-state index in [-0.39, 0.29) is 6.10 Å². The number of hydrogen-bond acceptors (Lipinski definition) is 5. The normalized spacial score (nSPS) is 40.3. The molecule has 1 rings (SSSR count). The molecule has 1 heterocycles. The van der Waals surface area contributed by atoms with Gasteiger partial charge in [-0.1, -0.05) is 6.92 Å². The molecule has 1 aliphatic heterocycles. The highest BCUT2D eigenvalue weighted by Gasteiger charge is 2.44. The number of rotatable bonds is 4. The van der Waals surface area contributed by atoms with Crippen LogP contribution in [0.2, 0.25) is 0 Å². The lowest BCUT2D eigenvalue weighted by molar-refractivity contribution is 0.0144. The summed E-state index contributed by atoms with van der Waals surface area (Å²) in [6.07, 6.45) is -1.52. The predicted octanol–water partition coefficient (Wildman–Crippen LogP) is -0.753. The number of aliphatic hydroxyl groups is 1. The van der Waals surface area contributed by atoms with E-state index in [4.69, 9.17) is 14.2 Å². The minimum atomic E-state index is -4.08. The molecule has 1 fully saturated rings. The van der Waals surface area contributed by atoms with Crippen molar-refractivity contribution in [2.45, 2.75) is 37.7 Å². The van der Waals surface area contributed by atoms with Crippen molar-refractivity contribution in [3.8, 4) is 0 Å². The number of ether oxygens (including phenoxy) is 1. The van der Waals surface area contributed by atoms with Gasteiger partial charge in [0.15, 0.2) is 0 Å². The highest BCUT2D eigenvalue weighted by Crippen LogP contribution is 2.46. The second-order valence-electron chi connectivity index (χ2n) is 3.50. The van der Waals surface area contributed by atoms with Gasteiger partial charge >= 0.3 is 7.82 Å². The topological polar surface area (TPSA) is 85.2 Å². The Labute approximate surface area is 89.6 Å². The summed E-state index contributed by atoms with van der Waals surface area (Å²) >= 11 is 0. The highest BCUT2D eigenvalue weighted by atomic mass is 31.2. The van der Waals surface area contributed by atoms with Crippen LogP contribution in [0.3, 0.4) is 0 Å². The van der Waals surface area contributed by atoms with Crippen LogP contribution >= 0.6 is 7.82 Å². The molecule has 0 spiro atoms. The van der Waals surface area contributed by atoms with Crippen LogP contribution in [0.5, 0.6) is 0 Å². The summed E-state index contributed by atoms with van der Waals surface area (Å²) in [5.41, 5.74) is 0. The van der Waals surface area contributed by atoms with E-state index in [1.54, 1.807) is 7.85 Å². The molecule has 8 heteroatoms. The molecule has 2 unspecified atom stereocenters. The number of phosphoric ester groups is 1. The first kappa shape index (κ1) is 13.2. The minimum Gasteiger partial charge on any atom is -0.388 e. The van der Waals surface area contributed by atoms with Crippen LogP contribution in [0.1, 0.15) is 13.3 Å².